The van der Waals surface area contributed by atoms with Gasteiger partial charge in [0.2, 0.25) is 5.91 Å². The summed E-state index contributed by atoms with van der Waals surface area (Å²) in [4.78, 5) is 12.3. The number of carbonyl (C=O) groups is 1. The molecular formula is C17H23F2NO3. The largest absolute Gasteiger partial charge is 0.435 e. The second-order valence-corrected chi connectivity index (χ2v) is 5.92. The number of halogens is 2. The normalized spacial score (nSPS) is 21.7. The first-order chi connectivity index (χ1) is 11.1. The van der Waals surface area contributed by atoms with Gasteiger partial charge in [0.15, 0.2) is 0 Å². The summed E-state index contributed by atoms with van der Waals surface area (Å²) >= 11 is 0. The Labute approximate surface area is 134 Å². The van der Waals surface area contributed by atoms with Gasteiger partial charge in [-0.05, 0) is 18.9 Å². The molecule has 0 aliphatic heterocycles. The fourth-order valence-corrected chi connectivity index (χ4v) is 3.08. The number of aliphatic hydroxyl groups is 1. The summed E-state index contributed by atoms with van der Waals surface area (Å²) in [7, 11) is 0. The van der Waals surface area contributed by atoms with Crippen LogP contribution in [0.15, 0.2) is 24.3 Å². The average molecular weight is 327 g/mol. The van der Waals surface area contributed by atoms with Gasteiger partial charge in [-0.3, -0.25) is 4.79 Å². The second-order valence-electron chi connectivity index (χ2n) is 5.92. The number of hydrogen-bond donors (Lipinski definition) is 2. The van der Waals surface area contributed by atoms with E-state index in [-0.39, 0.29) is 36.6 Å². The van der Waals surface area contributed by atoms with E-state index in [2.05, 4.69) is 10.1 Å². The Bertz CT molecular complexity index is 510. The maximum absolute atomic E-state index is 12.4. The molecule has 2 N–H and O–H groups in total. The molecule has 0 spiro atoms. The smallest absolute Gasteiger partial charge is 0.387 e. The van der Waals surface area contributed by atoms with Crippen molar-refractivity contribution in [2.45, 2.75) is 51.2 Å². The van der Waals surface area contributed by atoms with Crippen molar-refractivity contribution in [3.63, 3.8) is 0 Å². The number of benzene rings is 1. The van der Waals surface area contributed by atoms with E-state index in [9.17, 15) is 18.7 Å². The second kappa shape index (κ2) is 8.82. The third-order valence-corrected chi connectivity index (χ3v) is 4.28. The predicted octanol–water partition coefficient (Wildman–Crippen LogP) is 2.89. The molecule has 0 radical (unpaired) electrons. The number of para-hydroxylation sites is 1. The molecule has 1 aliphatic carbocycles. The van der Waals surface area contributed by atoms with Crippen molar-refractivity contribution in [2.75, 3.05) is 6.61 Å². The Hall–Kier alpha value is -1.69. The van der Waals surface area contributed by atoms with Gasteiger partial charge in [-0.2, -0.15) is 8.78 Å². The van der Waals surface area contributed by atoms with Crippen LogP contribution in [0.3, 0.4) is 0 Å². The van der Waals surface area contributed by atoms with Crippen LogP contribution in [0.1, 0.15) is 37.7 Å². The summed E-state index contributed by atoms with van der Waals surface area (Å²) in [5.74, 6) is -0.146. The molecule has 2 atom stereocenters. The van der Waals surface area contributed by atoms with Crippen LogP contribution in [-0.2, 0) is 11.2 Å². The van der Waals surface area contributed by atoms with Crippen LogP contribution in [0.25, 0.3) is 0 Å². The Morgan fingerprint density at radius 1 is 1.26 bits per heavy atom. The summed E-state index contributed by atoms with van der Waals surface area (Å²) < 4.78 is 29.2. The van der Waals surface area contributed by atoms with Gasteiger partial charge >= 0.3 is 6.61 Å². The lowest BCUT2D eigenvalue weighted by atomic mass is 9.95. The van der Waals surface area contributed by atoms with Crippen molar-refractivity contribution in [2.24, 2.45) is 5.92 Å². The number of hydrogen-bond acceptors (Lipinski definition) is 3. The number of ether oxygens (including phenoxy) is 1. The maximum atomic E-state index is 12.4. The molecule has 0 bridgehead atoms. The van der Waals surface area contributed by atoms with Crippen LogP contribution in [-0.4, -0.2) is 30.3 Å². The van der Waals surface area contributed by atoms with E-state index in [0.717, 1.165) is 32.1 Å². The van der Waals surface area contributed by atoms with Gasteiger partial charge in [0.25, 0.3) is 0 Å². The van der Waals surface area contributed by atoms with E-state index in [0.29, 0.717) is 5.56 Å². The molecule has 2 rings (SSSR count). The van der Waals surface area contributed by atoms with E-state index in [1.54, 1.807) is 18.2 Å². The van der Waals surface area contributed by atoms with E-state index >= 15 is 0 Å². The van der Waals surface area contributed by atoms with Crippen LogP contribution >= 0.6 is 0 Å². The van der Waals surface area contributed by atoms with Crippen LogP contribution in [0, 0.1) is 5.92 Å². The van der Waals surface area contributed by atoms with Gasteiger partial charge in [-0.1, -0.05) is 37.5 Å². The molecule has 1 aliphatic rings. The number of amides is 1. The first-order valence-electron chi connectivity index (χ1n) is 8.03. The van der Waals surface area contributed by atoms with E-state index in [1.807, 2.05) is 0 Å². The highest BCUT2D eigenvalue weighted by Gasteiger charge is 2.25. The summed E-state index contributed by atoms with van der Waals surface area (Å²) in [6.45, 7) is -2.87. The summed E-state index contributed by atoms with van der Waals surface area (Å²) in [6.07, 6.45) is 4.90. The molecule has 0 heterocycles. The first kappa shape index (κ1) is 17.7. The van der Waals surface area contributed by atoms with Crippen molar-refractivity contribution in [3.05, 3.63) is 29.8 Å². The molecule has 0 aromatic heterocycles. The molecule has 1 aromatic rings. The lowest BCUT2D eigenvalue weighted by Gasteiger charge is -2.24. The standard InChI is InChI=1S/C17H23F2NO3/c18-17(19)23-15-9-5-4-6-12(15)10-16(22)20-14-8-3-1-2-7-13(14)11-21/h4-6,9,13-14,17,21H,1-3,7-8,10-11H2,(H,20,22). The minimum absolute atomic E-state index is 0.0163. The number of rotatable bonds is 6. The third-order valence-electron chi connectivity index (χ3n) is 4.28. The van der Waals surface area contributed by atoms with E-state index in [1.165, 1.54) is 6.07 Å². The van der Waals surface area contributed by atoms with Gasteiger partial charge in [0.1, 0.15) is 5.75 Å². The Morgan fingerprint density at radius 2 is 2.00 bits per heavy atom. The quantitative estimate of drug-likeness (QED) is 0.790. The summed E-state index contributed by atoms with van der Waals surface area (Å²) in [6, 6.07) is 6.25. The van der Waals surface area contributed by atoms with Crippen molar-refractivity contribution >= 4 is 5.91 Å². The molecule has 0 saturated heterocycles. The van der Waals surface area contributed by atoms with Gasteiger partial charge in [0, 0.05) is 24.1 Å². The molecule has 1 saturated carbocycles. The monoisotopic (exact) mass is 327 g/mol. The van der Waals surface area contributed by atoms with E-state index in [4.69, 9.17) is 0 Å². The highest BCUT2D eigenvalue weighted by molar-refractivity contribution is 5.79. The van der Waals surface area contributed by atoms with Crippen LogP contribution in [0.4, 0.5) is 8.78 Å². The van der Waals surface area contributed by atoms with Crippen molar-refractivity contribution < 1.29 is 23.4 Å². The van der Waals surface area contributed by atoms with Gasteiger partial charge < -0.3 is 15.2 Å². The Kier molecular flexibility index (Phi) is 6.77. The number of aliphatic hydroxyl groups excluding tert-OH is 1. The molecule has 1 aromatic carbocycles. The highest BCUT2D eigenvalue weighted by atomic mass is 19.3. The number of nitrogens with one attached hydrogen (secondary N) is 1. The summed E-state index contributed by atoms with van der Waals surface area (Å²) in [5.41, 5.74) is 0.430. The zero-order valence-electron chi connectivity index (χ0n) is 13.0. The molecule has 128 valence electrons. The first-order valence-corrected chi connectivity index (χ1v) is 8.03. The molecule has 1 fully saturated rings. The fourth-order valence-electron chi connectivity index (χ4n) is 3.08. The third kappa shape index (κ3) is 5.46. The Morgan fingerprint density at radius 3 is 2.74 bits per heavy atom. The Balaban J connectivity index is 1.98. The zero-order chi connectivity index (χ0) is 16.7. The zero-order valence-corrected chi connectivity index (χ0v) is 13.0. The van der Waals surface area contributed by atoms with E-state index < -0.39 is 6.61 Å². The lowest BCUT2D eigenvalue weighted by Crippen LogP contribution is -2.41. The SMILES string of the molecule is O=C(Cc1ccccc1OC(F)F)NC1CCCCCC1CO. The molecule has 1 amide bonds. The van der Waals surface area contributed by atoms with Crippen molar-refractivity contribution in [3.8, 4) is 5.75 Å². The molecule has 6 heteroatoms. The minimum Gasteiger partial charge on any atom is -0.435 e. The number of alkyl halides is 2. The minimum atomic E-state index is -2.92. The van der Waals surface area contributed by atoms with Gasteiger partial charge in [-0.25, -0.2) is 0 Å². The molecule has 23 heavy (non-hydrogen) atoms. The van der Waals surface area contributed by atoms with Gasteiger partial charge in [-0.15, -0.1) is 0 Å². The van der Waals surface area contributed by atoms with Crippen molar-refractivity contribution in [1.82, 2.24) is 5.32 Å². The lowest BCUT2D eigenvalue weighted by molar-refractivity contribution is -0.121. The number of carbonyl (C=O) groups excluding carboxylic acids is 1. The maximum Gasteiger partial charge on any atom is 0.387 e. The fraction of sp³-hybridized carbons (Fsp3) is 0.588. The van der Waals surface area contributed by atoms with Gasteiger partial charge in [0.05, 0.1) is 6.42 Å². The predicted molar refractivity (Wildman–Crippen MR) is 82.4 cm³/mol. The average Bonchev–Trinajstić information content (AvgIpc) is 2.73. The molecule has 2 unspecified atom stereocenters. The molecule has 4 nitrogen and oxygen atoms in total. The highest BCUT2D eigenvalue weighted by Crippen LogP contribution is 2.24. The summed E-state index contributed by atoms with van der Waals surface area (Å²) in [5, 5.41) is 12.4. The van der Waals surface area contributed by atoms with Crippen molar-refractivity contribution in [1.29, 1.82) is 0 Å². The van der Waals surface area contributed by atoms with Crippen LogP contribution in [0.2, 0.25) is 0 Å². The topological polar surface area (TPSA) is 58.6 Å². The van der Waals surface area contributed by atoms with Crippen LogP contribution in [0.5, 0.6) is 5.75 Å². The molecular weight excluding hydrogens is 304 g/mol. The van der Waals surface area contributed by atoms with Crippen LogP contribution < -0.4 is 10.1 Å².